The van der Waals surface area contributed by atoms with Crippen LogP contribution in [-0.4, -0.2) is 29.7 Å². The molecule has 1 heterocycles. The van der Waals surface area contributed by atoms with E-state index in [1.165, 1.54) is 11.3 Å². The van der Waals surface area contributed by atoms with E-state index >= 15 is 0 Å². The summed E-state index contributed by atoms with van der Waals surface area (Å²) in [4.78, 5) is 15.7. The van der Waals surface area contributed by atoms with E-state index in [1.807, 2.05) is 6.92 Å². The predicted molar refractivity (Wildman–Crippen MR) is 64.4 cm³/mol. The van der Waals surface area contributed by atoms with E-state index in [2.05, 4.69) is 9.71 Å². The monoisotopic (exact) mass is 278 g/mol. The fourth-order valence-electron chi connectivity index (χ4n) is 1.10. The molecule has 0 saturated heterocycles. The summed E-state index contributed by atoms with van der Waals surface area (Å²) in [6.45, 7) is 4.62. The van der Waals surface area contributed by atoms with Gasteiger partial charge in [0.25, 0.3) is 0 Å². The maximum Gasteiger partial charge on any atom is 0.323 e. The molecule has 0 aliphatic rings. The summed E-state index contributed by atoms with van der Waals surface area (Å²) in [5.74, 6) is -1.37. The number of nitrogens with zero attached hydrogens (tertiary/aromatic N) is 1. The van der Waals surface area contributed by atoms with E-state index in [1.54, 1.807) is 13.1 Å². The average molecular weight is 278 g/mol. The zero-order chi connectivity index (χ0) is 13.2. The molecule has 0 spiro atoms. The first-order valence-electron chi connectivity index (χ1n) is 4.90. The first kappa shape index (κ1) is 14.1. The minimum atomic E-state index is -3.88. The number of hydrogen-bond acceptors (Lipinski definition) is 5. The van der Waals surface area contributed by atoms with E-state index in [4.69, 9.17) is 5.11 Å². The lowest BCUT2D eigenvalue weighted by Crippen LogP contribution is -2.38. The number of aliphatic carboxylic acids is 1. The standard InChI is InChI=1S/C9H14N2O4S2/c1-5-4-10-8(16-5)6(2)11-17(14,15)7(3)9(12)13/h4,6-7,11H,1-3H3,(H,12,13). The van der Waals surface area contributed by atoms with Crippen molar-refractivity contribution < 1.29 is 18.3 Å². The van der Waals surface area contributed by atoms with E-state index in [0.29, 0.717) is 5.01 Å². The normalized spacial score (nSPS) is 15.5. The number of sulfonamides is 1. The van der Waals surface area contributed by atoms with Gasteiger partial charge in [0.05, 0.1) is 6.04 Å². The molecule has 0 aliphatic heterocycles. The SMILES string of the molecule is Cc1cnc(C(C)NS(=O)(=O)C(C)C(=O)O)s1. The molecule has 2 N–H and O–H groups in total. The van der Waals surface area contributed by atoms with Crippen LogP contribution in [0.5, 0.6) is 0 Å². The Bertz CT molecular complexity index is 509. The molecule has 17 heavy (non-hydrogen) atoms. The molecule has 8 heteroatoms. The van der Waals surface area contributed by atoms with E-state index in [0.717, 1.165) is 11.8 Å². The van der Waals surface area contributed by atoms with Crippen molar-refractivity contribution in [3.05, 3.63) is 16.1 Å². The lowest BCUT2D eigenvalue weighted by molar-refractivity contribution is -0.136. The lowest BCUT2D eigenvalue weighted by Gasteiger charge is -2.14. The third-order valence-corrected chi connectivity index (χ3v) is 5.07. The van der Waals surface area contributed by atoms with Gasteiger partial charge in [-0.15, -0.1) is 11.3 Å². The number of carbonyl (C=O) groups is 1. The van der Waals surface area contributed by atoms with Gasteiger partial charge in [-0.3, -0.25) is 4.79 Å². The van der Waals surface area contributed by atoms with Gasteiger partial charge in [-0.05, 0) is 20.8 Å². The highest BCUT2D eigenvalue weighted by Gasteiger charge is 2.29. The molecule has 0 aliphatic carbocycles. The molecule has 6 nitrogen and oxygen atoms in total. The minimum absolute atomic E-state index is 0.527. The van der Waals surface area contributed by atoms with Gasteiger partial charge in [-0.2, -0.15) is 0 Å². The minimum Gasteiger partial charge on any atom is -0.480 e. The van der Waals surface area contributed by atoms with Crippen LogP contribution in [0.25, 0.3) is 0 Å². The van der Waals surface area contributed by atoms with Crippen LogP contribution in [0.3, 0.4) is 0 Å². The molecule has 2 atom stereocenters. The molecule has 2 unspecified atom stereocenters. The van der Waals surface area contributed by atoms with Crippen LogP contribution in [0, 0.1) is 6.92 Å². The Morgan fingerprint density at radius 2 is 2.12 bits per heavy atom. The Hall–Kier alpha value is -0.990. The summed E-state index contributed by atoms with van der Waals surface area (Å²) in [5.41, 5.74) is 0. The molecule has 1 aromatic heterocycles. The summed E-state index contributed by atoms with van der Waals surface area (Å²) in [7, 11) is -3.88. The number of aryl methyl sites for hydroxylation is 1. The number of carboxylic acids is 1. The molecular formula is C9H14N2O4S2. The van der Waals surface area contributed by atoms with E-state index in [-0.39, 0.29) is 0 Å². The van der Waals surface area contributed by atoms with Crippen LogP contribution in [0.1, 0.15) is 29.8 Å². The van der Waals surface area contributed by atoms with Crippen LogP contribution in [-0.2, 0) is 14.8 Å². The van der Waals surface area contributed by atoms with Crippen molar-refractivity contribution in [1.82, 2.24) is 9.71 Å². The Morgan fingerprint density at radius 3 is 2.53 bits per heavy atom. The first-order valence-corrected chi connectivity index (χ1v) is 7.26. The molecule has 1 rings (SSSR count). The molecule has 0 bridgehead atoms. The van der Waals surface area contributed by atoms with E-state index in [9.17, 15) is 13.2 Å². The Morgan fingerprint density at radius 1 is 1.53 bits per heavy atom. The van der Waals surface area contributed by atoms with Gasteiger partial charge in [0.15, 0.2) is 5.25 Å². The van der Waals surface area contributed by atoms with Crippen LogP contribution < -0.4 is 4.72 Å². The maximum absolute atomic E-state index is 11.6. The second-order valence-corrected chi connectivity index (χ2v) is 6.97. The van der Waals surface area contributed by atoms with E-state index < -0.39 is 27.3 Å². The fraction of sp³-hybridized carbons (Fsp3) is 0.556. The summed E-state index contributed by atoms with van der Waals surface area (Å²) in [6.07, 6.45) is 1.64. The van der Waals surface area contributed by atoms with Gasteiger partial charge < -0.3 is 5.11 Å². The van der Waals surface area contributed by atoms with Crippen molar-refractivity contribution in [3.63, 3.8) is 0 Å². The second kappa shape index (κ2) is 5.11. The second-order valence-electron chi connectivity index (χ2n) is 3.67. The maximum atomic E-state index is 11.6. The van der Waals surface area contributed by atoms with Gasteiger partial charge in [-0.25, -0.2) is 18.1 Å². The molecule has 0 amide bonds. The quantitative estimate of drug-likeness (QED) is 0.834. The van der Waals surface area contributed by atoms with Crippen molar-refractivity contribution in [1.29, 1.82) is 0 Å². The third kappa shape index (κ3) is 3.48. The molecule has 0 radical (unpaired) electrons. The van der Waals surface area contributed by atoms with Crippen LogP contribution in [0.4, 0.5) is 0 Å². The number of thiazole rings is 1. The number of rotatable bonds is 5. The number of aromatic nitrogens is 1. The average Bonchev–Trinajstić information content (AvgIpc) is 2.63. The van der Waals surface area contributed by atoms with Crippen molar-refractivity contribution >= 4 is 27.3 Å². The smallest absolute Gasteiger partial charge is 0.323 e. The highest BCUT2D eigenvalue weighted by molar-refractivity contribution is 7.90. The Balaban J connectivity index is 2.81. The Kier molecular flexibility index (Phi) is 4.23. The van der Waals surface area contributed by atoms with Crippen molar-refractivity contribution in [3.8, 4) is 0 Å². The van der Waals surface area contributed by atoms with Gasteiger partial charge in [0.2, 0.25) is 10.0 Å². The first-order chi connectivity index (χ1) is 7.74. The van der Waals surface area contributed by atoms with Crippen LogP contribution >= 0.6 is 11.3 Å². The Labute approximate surface area is 104 Å². The summed E-state index contributed by atoms with van der Waals surface area (Å²) >= 11 is 1.37. The van der Waals surface area contributed by atoms with Crippen LogP contribution in [0.2, 0.25) is 0 Å². The largest absolute Gasteiger partial charge is 0.480 e. The predicted octanol–water partition coefficient (Wildman–Crippen LogP) is 0.905. The molecule has 1 aromatic rings. The summed E-state index contributed by atoms with van der Waals surface area (Å²) < 4.78 is 25.6. The lowest BCUT2D eigenvalue weighted by atomic mass is 10.4. The highest BCUT2D eigenvalue weighted by atomic mass is 32.2. The molecule has 0 saturated carbocycles. The van der Waals surface area contributed by atoms with Crippen molar-refractivity contribution in [2.45, 2.75) is 32.1 Å². The van der Waals surface area contributed by atoms with Gasteiger partial charge in [0.1, 0.15) is 5.01 Å². The molecule has 0 aromatic carbocycles. The number of carboxylic acid groups (broad SMARTS) is 1. The van der Waals surface area contributed by atoms with Gasteiger partial charge >= 0.3 is 5.97 Å². The van der Waals surface area contributed by atoms with Crippen molar-refractivity contribution in [2.75, 3.05) is 0 Å². The summed E-state index contributed by atoms with van der Waals surface area (Å²) in [6, 6.07) is -0.527. The molecule has 0 fully saturated rings. The van der Waals surface area contributed by atoms with Crippen LogP contribution in [0.15, 0.2) is 6.20 Å². The van der Waals surface area contributed by atoms with Gasteiger partial charge in [0, 0.05) is 11.1 Å². The molecular weight excluding hydrogens is 264 g/mol. The number of hydrogen-bond donors (Lipinski definition) is 2. The highest BCUT2D eigenvalue weighted by Crippen LogP contribution is 2.20. The zero-order valence-corrected chi connectivity index (χ0v) is 11.3. The topological polar surface area (TPSA) is 96.4 Å². The third-order valence-electron chi connectivity index (χ3n) is 2.16. The van der Waals surface area contributed by atoms with Crippen molar-refractivity contribution in [2.24, 2.45) is 0 Å². The zero-order valence-electron chi connectivity index (χ0n) is 9.67. The fourth-order valence-corrected chi connectivity index (χ4v) is 3.03. The number of nitrogens with one attached hydrogen (secondary N) is 1. The molecule has 96 valence electrons. The summed E-state index contributed by atoms with van der Waals surface area (Å²) in [5, 5.41) is 7.81. The van der Waals surface area contributed by atoms with Gasteiger partial charge in [-0.1, -0.05) is 0 Å².